The van der Waals surface area contributed by atoms with E-state index in [2.05, 4.69) is 56.0 Å². The number of benzene rings is 1. The fraction of sp³-hybridized carbons (Fsp3) is 0.500. The molecule has 0 heterocycles. The Labute approximate surface area is 100 Å². The third kappa shape index (κ3) is 5.61. The van der Waals surface area contributed by atoms with Crippen molar-refractivity contribution in [3.05, 3.63) is 35.9 Å². The second kappa shape index (κ2) is 7.99. The summed E-state index contributed by atoms with van der Waals surface area (Å²) in [6.45, 7) is 4.43. The maximum Gasteiger partial charge on any atom is 0.0177 e. The van der Waals surface area contributed by atoms with Crippen molar-refractivity contribution in [1.29, 1.82) is 0 Å². The number of aryl methyl sites for hydroxylation is 1. The van der Waals surface area contributed by atoms with E-state index in [1.807, 2.05) is 0 Å². The fourth-order valence-electron chi connectivity index (χ4n) is 1.61. The Morgan fingerprint density at radius 1 is 1.19 bits per heavy atom. The zero-order valence-electron chi connectivity index (χ0n) is 10.5. The molecule has 0 aliphatic carbocycles. The summed E-state index contributed by atoms with van der Waals surface area (Å²) in [6.07, 6.45) is 5.85. The normalized spacial score (nSPS) is 11.6. The molecule has 0 aromatic heterocycles. The second-order valence-corrected chi connectivity index (χ2v) is 4.35. The van der Waals surface area contributed by atoms with Crippen LogP contribution in [-0.2, 0) is 6.42 Å². The van der Waals surface area contributed by atoms with E-state index in [0.29, 0.717) is 5.92 Å². The molecule has 1 aromatic rings. The highest BCUT2D eigenvalue weighted by atomic mass is 14.0. The predicted octanol–water partition coefficient (Wildman–Crippen LogP) is 4.45. The molecule has 0 fully saturated rings. The van der Waals surface area contributed by atoms with Gasteiger partial charge in [0.1, 0.15) is 0 Å². The van der Waals surface area contributed by atoms with Gasteiger partial charge in [0, 0.05) is 12.3 Å². The summed E-state index contributed by atoms with van der Waals surface area (Å²) in [5.74, 6) is 7.14. The molecule has 16 heavy (non-hydrogen) atoms. The van der Waals surface area contributed by atoms with Crippen LogP contribution in [0.2, 0.25) is 0 Å². The minimum atomic E-state index is 0.525. The Hall–Kier alpha value is -1.22. The SMILES string of the molecule is CCCCC#CC(C)CCc1ccccc1. The molecule has 0 heteroatoms. The van der Waals surface area contributed by atoms with E-state index in [1.165, 1.54) is 24.8 Å². The Morgan fingerprint density at radius 3 is 2.62 bits per heavy atom. The summed E-state index contributed by atoms with van der Waals surface area (Å²) >= 11 is 0. The maximum absolute atomic E-state index is 3.34. The largest absolute Gasteiger partial charge is 0.103 e. The second-order valence-electron chi connectivity index (χ2n) is 4.35. The standard InChI is InChI=1S/C16H22/c1-3-4-5-7-10-15(2)13-14-16-11-8-6-9-12-16/h6,8-9,11-12,15H,3-5,13-14H2,1-2H3. The molecular weight excluding hydrogens is 192 g/mol. The summed E-state index contributed by atoms with van der Waals surface area (Å²) in [7, 11) is 0. The van der Waals surface area contributed by atoms with E-state index in [4.69, 9.17) is 0 Å². The van der Waals surface area contributed by atoms with Gasteiger partial charge >= 0.3 is 0 Å². The Balaban J connectivity index is 2.24. The van der Waals surface area contributed by atoms with Crippen LogP contribution in [0.25, 0.3) is 0 Å². The topological polar surface area (TPSA) is 0 Å². The number of hydrogen-bond acceptors (Lipinski definition) is 0. The van der Waals surface area contributed by atoms with Gasteiger partial charge in [-0.3, -0.25) is 0 Å². The van der Waals surface area contributed by atoms with Gasteiger partial charge in [-0.2, -0.15) is 0 Å². The molecule has 0 radical (unpaired) electrons. The van der Waals surface area contributed by atoms with Gasteiger partial charge in [-0.1, -0.05) is 50.6 Å². The average molecular weight is 214 g/mol. The van der Waals surface area contributed by atoms with Crippen LogP contribution < -0.4 is 0 Å². The molecule has 1 atom stereocenters. The van der Waals surface area contributed by atoms with Crippen molar-refractivity contribution in [2.45, 2.75) is 46.0 Å². The molecule has 1 rings (SSSR count). The maximum atomic E-state index is 3.34. The van der Waals surface area contributed by atoms with Gasteiger partial charge in [-0.25, -0.2) is 0 Å². The molecule has 0 amide bonds. The molecule has 0 nitrogen and oxygen atoms in total. The zero-order chi connectivity index (χ0) is 11.6. The molecule has 0 saturated heterocycles. The van der Waals surface area contributed by atoms with Crippen molar-refractivity contribution in [3.63, 3.8) is 0 Å². The van der Waals surface area contributed by atoms with E-state index in [-0.39, 0.29) is 0 Å². The van der Waals surface area contributed by atoms with E-state index < -0.39 is 0 Å². The lowest BCUT2D eigenvalue weighted by atomic mass is 10.0. The van der Waals surface area contributed by atoms with Gasteiger partial charge in [-0.15, -0.1) is 11.8 Å². The van der Waals surface area contributed by atoms with Crippen LogP contribution >= 0.6 is 0 Å². The first-order valence-corrected chi connectivity index (χ1v) is 6.35. The molecule has 0 aliphatic rings. The van der Waals surface area contributed by atoms with E-state index in [1.54, 1.807) is 0 Å². The molecule has 0 N–H and O–H groups in total. The first-order valence-electron chi connectivity index (χ1n) is 6.35. The Morgan fingerprint density at radius 2 is 1.94 bits per heavy atom. The van der Waals surface area contributed by atoms with Crippen LogP contribution in [0, 0.1) is 17.8 Å². The smallest absolute Gasteiger partial charge is 0.0177 e. The third-order valence-electron chi connectivity index (χ3n) is 2.71. The van der Waals surface area contributed by atoms with Crippen LogP contribution in [0.1, 0.15) is 45.1 Å². The van der Waals surface area contributed by atoms with Gasteiger partial charge in [0.05, 0.1) is 0 Å². The lowest BCUT2D eigenvalue weighted by Gasteiger charge is -2.03. The molecular formula is C16H22. The van der Waals surface area contributed by atoms with Crippen molar-refractivity contribution in [1.82, 2.24) is 0 Å². The van der Waals surface area contributed by atoms with Crippen molar-refractivity contribution in [2.24, 2.45) is 5.92 Å². The van der Waals surface area contributed by atoms with Gasteiger partial charge in [0.25, 0.3) is 0 Å². The van der Waals surface area contributed by atoms with Crippen molar-refractivity contribution in [2.75, 3.05) is 0 Å². The summed E-state index contributed by atoms with van der Waals surface area (Å²) < 4.78 is 0. The summed E-state index contributed by atoms with van der Waals surface area (Å²) in [5.41, 5.74) is 1.42. The highest BCUT2D eigenvalue weighted by Gasteiger charge is 1.97. The van der Waals surface area contributed by atoms with Gasteiger partial charge in [-0.05, 0) is 24.8 Å². The minimum absolute atomic E-state index is 0.525. The Kier molecular flexibility index (Phi) is 6.42. The molecule has 86 valence electrons. The van der Waals surface area contributed by atoms with Crippen LogP contribution in [0.4, 0.5) is 0 Å². The molecule has 0 spiro atoms. The lowest BCUT2D eigenvalue weighted by Crippen LogP contribution is -1.94. The first kappa shape index (κ1) is 12.8. The number of rotatable bonds is 5. The minimum Gasteiger partial charge on any atom is -0.103 e. The number of unbranched alkanes of at least 4 members (excludes halogenated alkanes) is 2. The summed E-state index contributed by atoms with van der Waals surface area (Å²) in [4.78, 5) is 0. The van der Waals surface area contributed by atoms with E-state index >= 15 is 0 Å². The zero-order valence-corrected chi connectivity index (χ0v) is 10.5. The predicted molar refractivity (Wildman–Crippen MR) is 71.2 cm³/mol. The van der Waals surface area contributed by atoms with Crippen LogP contribution in [0.3, 0.4) is 0 Å². The first-order chi connectivity index (χ1) is 7.83. The van der Waals surface area contributed by atoms with E-state index in [9.17, 15) is 0 Å². The van der Waals surface area contributed by atoms with Crippen molar-refractivity contribution in [3.8, 4) is 11.8 Å². The van der Waals surface area contributed by atoms with Gasteiger partial charge in [0.15, 0.2) is 0 Å². The van der Waals surface area contributed by atoms with Crippen LogP contribution in [0.5, 0.6) is 0 Å². The number of hydrogen-bond donors (Lipinski definition) is 0. The third-order valence-corrected chi connectivity index (χ3v) is 2.71. The van der Waals surface area contributed by atoms with Crippen molar-refractivity contribution < 1.29 is 0 Å². The fourth-order valence-corrected chi connectivity index (χ4v) is 1.61. The highest BCUT2D eigenvalue weighted by Crippen LogP contribution is 2.08. The lowest BCUT2D eigenvalue weighted by molar-refractivity contribution is 0.667. The van der Waals surface area contributed by atoms with Crippen molar-refractivity contribution >= 4 is 0 Å². The summed E-state index contributed by atoms with van der Waals surface area (Å²) in [5, 5.41) is 0. The monoisotopic (exact) mass is 214 g/mol. The molecule has 0 saturated carbocycles. The van der Waals surface area contributed by atoms with Crippen LogP contribution in [-0.4, -0.2) is 0 Å². The van der Waals surface area contributed by atoms with E-state index in [0.717, 1.165) is 12.8 Å². The molecule has 1 unspecified atom stereocenters. The van der Waals surface area contributed by atoms with Gasteiger partial charge < -0.3 is 0 Å². The quantitative estimate of drug-likeness (QED) is 0.502. The highest BCUT2D eigenvalue weighted by molar-refractivity contribution is 5.15. The molecule has 0 bridgehead atoms. The van der Waals surface area contributed by atoms with Crippen LogP contribution in [0.15, 0.2) is 30.3 Å². The average Bonchev–Trinajstić information content (AvgIpc) is 2.33. The van der Waals surface area contributed by atoms with Gasteiger partial charge in [0.2, 0.25) is 0 Å². The molecule has 0 aliphatic heterocycles. The Bertz CT molecular complexity index is 326. The molecule has 1 aromatic carbocycles. The summed E-state index contributed by atoms with van der Waals surface area (Å²) in [6, 6.07) is 10.7.